The first-order valence-electron chi connectivity index (χ1n) is 8.01. The topological polar surface area (TPSA) is 41.5 Å². The van der Waals surface area contributed by atoms with E-state index in [-0.39, 0.29) is 0 Å². The monoisotopic (exact) mass is 300 g/mol. The summed E-state index contributed by atoms with van der Waals surface area (Å²) in [5.74, 6) is 1.07. The highest BCUT2D eigenvalue weighted by Crippen LogP contribution is 2.25. The molecule has 2 heterocycles. The number of aromatic nitrogens is 2. The van der Waals surface area contributed by atoms with E-state index in [1.807, 2.05) is 12.1 Å². The molecule has 118 valence electrons. The molecule has 0 radical (unpaired) electrons. The van der Waals surface area contributed by atoms with Gasteiger partial charge in [-0.3, -0.25) is 4.90 Å². The van der Waals surface area contributed by atoms with Crippen molar-refractivity contribution in [1.29, 1.82) is 0 Å². The lowest BCUT2D eigenvalue weighted by Gasteiger charge is -2.41. The van der Waals surface area contributed by atoms with Crippen LogP contribution in [0, 0.1) is 0 Å². The summed E-state index contributed by atoms with van der Waals surface area (Å²) in [4.78, 5) is 13.9. The van der Waals surface area contributed by atoms with Crippen molar-refractivity contribution in [3.8, 4) is 0 Å². The molecule has 3 rings (SSSR count). The summed E-state index contributed by atoms with van der Waals surface area (Å²) in [6.45, 7) is 7.13. The average molecular weight is 300 g/mol. The van der Waals surface area contributed by atoms with Crippen LogP contribution in [0.5, 0.6) is 0 Å². The van der Waals surface area contributed by atoms with Gasteiger partial charge >= 0.3 is 0 Å². The molecule has 1 aromatic heterocycles. The fourth-order valence-electron chi connectivity index (χ4n) is 3.22. The van der Waals surface area contributed by atoms with Crippen LogP contribution in [-0.2, 0) is 4.74 Å². The lowest BCUT2D eigenvalue weighted by Crippen LogP contribution is -2.54. The van der Waals surface area contributed by atoms with Gasteiger partial charge in [0.25, 0.3) is 0 Å². The van der Waals surface area contributed by atoms with Crippen LogP contribution < -0.4 is 4.90 Å². The van der Waals surface area contributed by atoms with Gasteiger partial charge in [0, 0.05) is 44.7 Å². The normalized spacial score (nSPS) is 19.7. The van der Waals surface area contributed by atoms with E-state index in [1.165, 1.54) is 0 Å². The van der Waals surface area contributed by atoms with Crippen molar-refractivity contribution in [3.63, 3.8) is 0 Å². The molecule has 0 spiro atoms. The number of benzene rings is 1. The van der Waals surface area contributed by atoms with Crippen LogP contribution in [0.25, 0.3) is 10.9 Å². The van der Waals surface area contributed by atoms with Gasteiger partial charge in [-0.15, -0.1) is 0 Å². The van der Waals surface area contributed by atoms with E-state index in [0.717, 1.165) is 55.9 Å². The Morgan fingerprint density at radius 1 is 1.23 bits per heavy atom. The average Bonchev–Trinajstić information content (AvgIpc) is 2.59. The summed E-state index contributed by atoms with van der Waals surface area (Å²) in [6.07, 6.45) is 2.82. The molecule has 1 fully saturated rings. The maximum absolute atomic E-state index is 5.23. The number of methoxy groups -OCH3 is 1. The van der Waals surface area contributed by atoms with Crippen molar-refractivity contribution in [1.82, 2.24) is 14.9 Å². The molecule has 1 aromatic carbocycles. The van der Waals surface area contributed by atoms with Crippen molar-refractivity contribution in [2.45, 2.75) is 19.4 Å². The van der Waals surface area contributed by atoms with Gasteiger partial charge in [-0.2, -0.15) is 0 Å². The molecular formula is C17H24N4O. The van der Waals surface area contributed by atoms with Gasteiger partial charge in [-0.1, -0.05) is 19.1 Å². The molecule has 0 aliphatic carbocycles. The third kappa shape index (κ3) is 3.05. The van der Waals surface area contributed by atoms with Gasteiger partial charge in [0.05, 0.1) is 12.1 Å². The van der Waals surface area contributed by atoms with Crippen LogP contribution in [0.15, 0.2) is 30.6 Å². The number of hydrogen-bond acceptors (Lipinski definition) is 5. The van der Waals surface area contributed by atoms with Crippen molar-refractivity contribution in [3.05, 3.63) is 30.6 Å². The van der Waals surface area contributed by atoms with Crippen LogP contribution in [0.4, 0.5) is 5.82 Å². The first kappa shape index (κ1) is 15.2. The molecule has 2 aromatic rings. The zero-order valence-electron chi connectivity index (χ0n) is 13.4. The molecule has 5 nitrogen and oxygen atoms in total. The summed E-state index contributed by atoms with van der Waals surface area (Å²) < 4.78 is 5.23. The van der Waals surface area contributed by atoms with Gasteiger partial charge in [0.2, 0.25) is 0 Å². The molecular weight excluding hydrogens is 276 g/mol. The highest BCUT2D eigenvalue weighted by atomic mass is 16.5. The molecule has 5 heteroatoms. The van der Waals surface area contributed by atoms with Crippen LogP contribution in [0.1, 0.15) is 13.3 Å². The largest absolute Gasteiger partial charge is 0.383 e. The van der Waals surface area contributed by atoms with Gasteiger partial charge in [-0.25, -0.2) is 9.97 Å². The standard InChI is InChI=1S/C17H24N4O/c1-3-14-12-21(9-8-20(14)10-11-22-2)17-15-6-4-5-7-16(15)18-13-19-17/h4-7,13-14H,3,8-12H2,1-2H3/t14-/m1/s1. The minimum absolute atomic E-state index is 0.553. The Hall–Kier alpha value is -1.72. The first-order chi connectivity index (χ1) is 10.8. The second kappa shape index (κ2) is 7.03. The number of para-hydroxylation sites is 1. The van der Waals surface area contributed by atoms with Crippen LogP contribution in [-0.4, -0.2) is 60.8 Å². The van der Waals surface area contributed by atoms with Crippen LogP contribution >= 0.6 is 0 Å². The Morgan fingerprint density at radius 2 is 2.09 bits per heavy atom. The molecule has 1 aliphatic rings. The minimum Gasteiger partial charge on any atom is -0.383 e. The lowest BCUT2D eigenvalue weighted by molar-refractivity contribution is 0.109. The Kier molecular flexibility index (Phi) is 4.85. The van der Waals surface area contributed by atoms with Gasteiger partial charge in [0.1, 0.15) is 12.1 Å². The molecule has 0 saturated carbocycles. The smallest absolute Gasteiger partial charge is 0.139 e. The third-order valence-corrected chi connectivity index (χ3v) is 4.48. The fraction of sp³-hybridized carbons (Fsp3) is 0.529. The lowest BCUT2D eigenvalue weighted by atomic mass is 10.1. The quantitative estimate of drug-likeness (QED) is 0.846. The van der Waals surface area contributed by atoms with Crippen molar-refractivity contribution in [2.75, 3.05) is 44.8 Å². The SMILES string of the molecule is CC[C@@H]1CN(c2ncnc3ccccc23)CCN1CCOC. The van der Waals surface area contributed by atoms with Crippen LogP contribution in [0.2, 0.25) is 0 Å². The fourth-order valence-corrected chi connectivity index (χ4v) is 3.22. The second-order valence-electron chi connectivity index (χ2n) is 5.75. The second-order valence-corrected chi connectivity index (χ2v) is 5.75. The van der Waals surface area contributed by atoms with Crippen molar-refractivity contribution < 1.29 is 4.74 Å². The molecule has 1 atom stereocenters. The maximum atomic E-state index is 5.23. The van der Waals surface area contributed by atoms with Crippen molar-refractivity contribution >= 4 is 16.7 Å². The predicted molar refractivity (Wildman–Crippen MR) is 89.3 cm³/mol. The van der Waals surface area contributed by atoms with E-state index >= 15 is 0 Å². The summed E-state index contributed by atoms with van der Waals surface area (Å²) >= 11 is 0. The molecule has 1 aliphatic heterocycles. The van der Waals surface area contributed by atoms with Gasteiger partial charge in [0.15, 0.2) is 0 Å². The minimum atomic E-state index is 0.553. The van der Waals surface area contributed by atoms with E-state index in [4.69, 9.17) is 4.74 Å². The zero-order valence-corrected chi connectivity index (χ0v) is 13.4. The summed E-state index contributed by atoms with van der Waals surface area (Å²) in [6, 6.07) is 8.80. The van der Waals surface area contributed by atoms with Gasteiger partial charge in [-0.05, 0) is 18.6 Å². The Labute approximate surface area is 131 Å². The Morgan fingerprint density at radius 3 is 2.91 bits per heavy atom. The predicted octanol–water partition coefficient (Wildman–Crippen LogP) is 2.18. The van der Waals surface area contributed by atoms with E-state index in [2.05, 4.69) is 38.8 Å². The Balaban J connectivity index is 1.81. The third-order valence-electron chi connectivity index (χ3n) is 4.48. The van der Waals surface area contributed by atoms with E-state index in [9.17, 15) is 0 Å². The summed E-state index contributed by atoms with van der Waals surface area (Å²) in [7, 11) is 1.77. The highest BCUT2D eigenvalue weighted by Gasteiger charge is 2.26. The summed E-state index contributed by atoms with van der Waals surface area (Å²) in [5, 5.41) is 1.14. The molecule has 0 unspecified atom stereocenters. The van der Waals surface area contributed by atoms with Gasteiger partial charge < -0.3 is 9.64 Å². The molecule has 0 N–H and O–H groups in total. The molecule has 1 saturated heterocycles. The highest BCUT2D eigenvalue weighted by molar-refractivity contribution is 5.89. The van der Waals surface area contributed by atoms with Crippen molar-refractivity contribution in [2.24, 2.45) is 0 Å². The van der Waals surface area contributed by atoms with Crippen LogP contribution in [0.3, 0.4) is 0 Å². The number of anilines is 1. The molecule has 0 bridgehead atoms. The number of rotatable bonds is 5. The Bertz CT molecular complexity index is 613. The first-order valence-corrected chi connectivity index (χ1v) is 8.01. The number of fused-ring (bicyclic) bond motifs is 1. The maximum Gasteiger partial charge on any atom is 0.139 e. The number of piperazine rings is 1. The zero-order chi connectivity index (χ0) is 15.4. The van der Waals surface area contributed by atoms with E-state index in [1.54, 1.807) is 13.4 Å². The number of nitrogens with zero attached hydrogens (tertiary/aromatic N) is 4. The number of hydrogen-bond donors (Lipinski definition) is 0. The molecule has 0 amide bonds. The summed E-state index contributed by atoms with van der Waals surface area (Å²) in [5.41, 5.74) is 1.02. The molecule has 22 heavy (non-hydrogen) atoms. The van der Waals surface area contributed by atoms with E-state index in [0.29, 0.717) is 6.04 Å². The number of ether oxygens (including phenoxy) is 1. The van der Waals surface area contributed by atoms with E-state index < -0.39 is 0 Å².